The molecular formula is C17H25FN2O. The van der Waals surface area contributed by atoms with Gasteiger partial charge in [0, 0.05) is 42.7 Å². The van der Waals surface area contributed by atoms with E-state index in [9.17, 15) is 4.39 Å². The Kier molecular flexibility index (Phi) is 3.49. The lowest BCUT2D eigenvalue weighted by atomic mass is 9.80. The number of rotatable bonds is 0. The van der Waals surface area contributed by atoms with Gasteiger partial charge in [0.05, 0.1) is 0 Å². The van der Waals surface area contributed by atoms with Crippen molar-refractivity contribution in [3.63, 3.8) is 0 Å². The first-order valence-electron chi connectivity index (χ1n) is 7.78. The summed E-state index contributed by atoms with van der Waals surface area (Å²) in [5, 5.41) is 0. The standard InChI is InChI=1S/C17H25FN2O/c1-16(2,3)20-8-6-17(7-9-20)11-14(19)13-5-4-12(18)10-15(13)21-17/h4-5,10,14H,6-9,11,19H2,1-3H3. The Bertz CT molecular complexity index is 530. The molecule has 3 nitrogen and oxygen atoms in total. The Morgan fingerprint density at radius 2 is 1.95 bits per heavy atom. The van der Waals surface area contributed by atoms with Crippen LogP contribution in [0.2, 0.25) is 0 Å². The van der Waals surface area contributed by atoms with Crippen molar-refractivity contribution in [2.75, 3.05) is 13.1 Å². The first-order chi connectivity index (χ1) is 9.79. The lowest BCUT2D eigenvalue weighted by Crippen LogP contribution is -2.55. The highest BCUT2D eigenvalue weighted by Gasteiger charge is 2.43. The van der Waals surface area contributed by atoms with E-state index in [1.165, 1.54) is 12.1 Å². The van der Waals surface area contributed by atoms with Crippen LogP contribution in [0.1, 0.15) is 51.6 Å². The van der Waals surface area contributed by atoms with E-state index in [1.807, 2.05) is 0 Å². The van der Waals surface area contributed by atoms with Crippen LogP contribution in [0.25, 0.3) is 0 Å². The number of halogens is 1. The van der Waals surface area contributed by atoms with Crippen molar-refractivity contribution >= 4 is 0 Å². The zero-order chi connectivity index (χ0) is 15.3. The van der Waals surface area contributed by atoms with Crippen molar-refractivity contribution in [3.05, 3.63) is 29.6 Å². The summed E-state index contributed by atoms with van der Waals surface area (Å²) in [7, 11) is 0. The molecule has 1 aromatic rings. The van der Waals surface area contributed by atoms with Crippen molar-refractivity contribution in [2.45, 2.75) is 57.2 Å². The van der Waals surface area contributed by atoms with Gasteiger partial charge in [-0.3, -0.25) is 4.90 Å². The molecule has 2 aliphatic heterocycles. The fourth-order valence-corrected chi connectivity index (χ4v) is 3.58. The number of nitrogens with two attached hydrogens (primary N) is 1. The minimum Gasteiger partial charge on any atom is -0.487 e. The van der Waals surface area contributed by atoms with E-state index < -0.39 is 0 Å². The van der Waals surface area contributed by atoms with Gasteiger partial charge in [-0.25, -0.2) is 4.39 Å². The lowest BCUT2D eigenvalue weighted by Gasteiger charge is -2.49. The van der Waals surface area contributed by atoms with E-state index in [2.05, 4.69) is 25.7 Å². The van der Waals surface area contributed by atoms with Gasteiger partial charge in [0.2, 0.25) is 0 Å². The van der Waals surface area contributed by atoms with Gasteiger partial charge in [-0.1, -0.05) is 6.07 Å². The molecule has 2 heterocycles. The molecule has 0 amide bonds. The molecule has 2 N–H and O–H groups in total. The van der Waals surface area contributed by atoms with Crippen LogP contribution < -0.4 is 10.5 Å². The largest absolute Gasteiger partial charge is 0.487 e. The molecule has 0 saturated carbocycles. The van der Waals surface area contributed by atoms with Crippen LogP contribution >= 0.6 is 0 Å². The average Bonchev–Trinajstić information content (AvgIpc) is 2.37. The number of fused-ring (bicyclic) bond motifs is 1. The SMILES string of the molecule is CC(C)(C)N1CCC2(CC1)CC(N)c1ccc(F)cc1O2. The first kappa shape index (κ1) is 14.8. The quantitative estimate of drug-likeness (QED) is 0.798. The second kappa shape index (κ2) is 4.96. The minimum atomic E-state index is -0.259. The highest BCUT2D eigenvalue weighted by molar-refractivity contribution is 5.39. The van der Waals surface area contributed by atoms with Gasteiger partial charge < -0.3 is 10.5 Å². The zero-order valence-corrected chi connectivity index (χ0v) is 13.2. The molecule has 1 unspecified atom stereocenters. The Morgan fingerprint density at radius 3 is 2.57 bits per heavy atom. The van der Waals surface area contributed by atoms with Crippen molar-refractivity contribution in [1.82, 2.24) is 4.90 Å². The number of benzene rings is 1. The van der Waals surface area contributed by atoms with Gasteiger partial charge in [0.25, 0.3) is 0 Å². The molecule has 1 spiro atoms. The summed E-state index contributed by atoms with van der Waals surface area (Å²) in [5.74, 6) is 0.378. The summed E-state index contributed by atoms with van der Waals surface area (Å²) >= 11 is 0. The van der Waals surface area contributed by atoms with Crippen molar-refractivity contribution in [3.8, 4) is 5.75 Å². The molecule has 1 atom stereocenters. The number of nitrogens with zero attached hydrogens (tertiary/aromatic N) is 1. The number of ether oxygens (including phenoxy) is 1. The Hall–Kier alpha value is -1.13. The van der Waals surface area contributed by atoms with E-state index in [-0.39, 0.29) is 23.0 Å². The van der Waals surface area contributed by atoms with Crippen LogP contribution in [0.5, 0.6) is 5.75 Å². The summed E-state index contributed by atoms with van der Waals surface area (Å²) in [6, 6.07) is 4.64. The van der Waals surface area contributed by atoms with Gasteiger partial charge in [-0.05, 0) is 39.7 Å². The fourth-order valence-electron chi connectivity index (χ4n) is 3.58. The maximum atomic E-state index is 13.5. The zero-order valence-electron chi connectivity index (χ0n) is 13.2. The fraction of sp³-hybridized carbons (Fsp3) is 0.647. The van der Waals surface area contributed by atoms with E-state index >= 15 is 0 Å². The topological polar surface area (TPSA) is 38.5 Å². The molecule has 0 bridgehead atoms. The third-order valence-corrected chi connectivity index (χ3v) is 4.92. The number of hydrogen-bond acceptors (Lipinski definition) is 3. The van der Waals surface area contributed by atoms with Crippen LogP contribution in [0.15, 0.2) is 18.2 Å². The van der Waals surface area contributed by atoms with Crippen molar-refractivity contribution in [1.29, 1.82) is 0 Å². The predicted octanol–water partition coefficient (Wildman–Crippen LogP) is 3.24. The lowest BCUT2D eigenvalue weighted by molar-refractivity contribution is -0.0414. The Morgan fingerprint density at radius 1 is 1.29 bits per heavy atom. The number of likely N-dealkylation sites (tertiary alicyclic amines) is 1. The Labute approximate surface area is 126 Å². The molecule has 2 aliphatic rings. The maximum absolute atomic E-state index is 13.5. The van der Waals surface area contributed by atoms with E-state index in [1.54, 1.807) is 6.07 Å². The molecule has 1 saturated heterocycles. The highest BCUT2D eigenvalue weighted by Crippen LogP contribution is 2.44. The first-order valence-corrected chi connectivity index (χ1v) is 7.78. The van der Waals surface area contributed by atoms with E-state index in [0.717, 1.165) is 37.9 Å². The summed E-state index contributed by atoms with van der Waals surface area (Å²) in [6.07, 6.45) is 2.73. The summed E-state index contributed by atoms with van der Waals surface area (Å²) < 4.78 is 19.7. The van der Waals surface area contributed by atoms with Gasteiger partial charge in [-0.2, -0.15) is 0 Å². The molecule has 4 heteroatoms. The van der Waals surface area contributed by atoms with Crippen LogP contribution in [0.3, 0.4) is 0 Å². The van der Waals surface area contributed by atoms with Gasteiger partial charge in [0.15, 0.2) is 0 Å². The van der Waals surface area contributed by atoms with Crippen LogP contribution in [-0.2, 0) is 0 Å². The molecule has 3 rings (SSSR count). The third-order valence-electron chi connectivity index (χ3n) is 4.92. The summed E-state index contributed by atoms with van der Waals surface area (Å²) in [5.41, 5.74) is 7.20. The third kappa shape index (κ3) is 2.79. The smallest absolute Gasteiger partial charge is 0.127 e. The van der Waals surface area contributed by atoms with Crippen LogP contribution in [0, 0.1) is 5.82 Å². The number of piperidine rings is 1. The number of hydrogen-bond donors (Lipinski definition) is 1. The van der Waals surface area contributed by atoms with E-state index in [4.69, 9.17) is 10.5 Å². The second-order valence-corrected chi connectivity index (χ2v) is 7.44. The molecule has 116 valence electrons. The second-order valence-electron chi connectivity index (χ2n) is 7.44. The van der Waals surface area contributed by atoms with Crippen LogP contribution in [-0.4, -0.2) is 29.1 Å². The molecule has 0 radical (unpaired) electrons. The molecular weight excluding hydrogens is 267 g/mol. The normalized spacial score (nSPS) is 25.5. The predicted molar refractivity (Wildman–Crippen MR) is 81.9 cm³/mol. The molecule has 0 aromatic heterocycles. The Balaban J connectivity index is 1.80. The average molecular weight is 292 g/mol. The van der Waals surface area contributed by atoms with Gasteiger partial charge in [-0.15, -0.1) is 0 Å². The van der Waals surface area contributed by atoms with Crippen molar-refractivity contribution in [2.24, 2.45) is 5.73 Å². The maximum Gasteiger partial charge on any atom is 0.127 e. The van der Waals surface area contributed by atoms with E-state index in [0.29, 0.717) is 5.75 Å². The van der Waals surface area contributed by atoms with Crippen LogP contribution in [0.4, 0.5) is 4.39 Å². The molecule has 0 aliphatic carbocycles. The highest BCUT2D eigenvalue weighted by atomic mass is 19.1. The monoisotopic (exact) mass is 292 g/mol. The van der Waals surface area contributed by atoms with Gasteiger partial charge >= 0.3 is 0 Å². The van der Waals surface area contributed by atoms with Gasteiger partial charge in [0.1, 0.15) is 17.2 Å². The van der Waals surface area contributed by atoms with Crippen molar-refractivity contribution < 1.29 is 9.13 Å². The molecule has 21 heavy (non-hydrogen) atoms. The molecule has 1 fully saturated rings. The summed E-state index contributed by atoms with van der Waals surface area (Å²) in [6.45, 7) is 8.72. The summed E-state index contributed by atoms with van der Waals surface area (Å²) in [4.78, 5) is 2.48. The molecule has 1 aromatic carbocycles. The minimum absolute atomic E-state index is 0.0597.